The number of piperidine rings is 1. The summed E-state index contributed by atoms with van der Waals surface area (Å²) in [7, 11) is 0. The van der Waals surface area contributed by atoms with Crippen molar-refractivity contribution in [3.63, 3.8) is 0 Å². The van der Waals surface area contributed by atoms with E-state index < -0.39 is 5.41 Å². The lowest BCUT2D eigenvalue weighted by atomic mass is 9.88. The van der Waals surface area contributed by atoms with Crippen LogP contribution >= 0.6 is 0 Å². The van der Waals surface area contributed by atoms with Gasteiger partial charge in [0.15, 0.2) is 0 Å². The second-order valence-electron chi connectivity index (χ2n) is 6.77. The molecule has 1 fully saturated rings. The second-order valence-corrected chi connectivity index (χ2v) is 6.77. The number of nitriles is 1. The van der Waals surface area contributed by atoms with Crippen LogP contribution in [0, 0.1) is 22.7 Å². The molecule has 1 saturated heterocycles. The average Bonchev–Trinajstić information content (AvgIpc) is 2.54. The van der Waals surface area contributed by atoms with E-state index >= 15 is 0 Å². The predicted molar refractivity (Wildman–Crippen MR) is 88.5 cm³/mol. The average molecular weight is 313 g/mol. The highest BCUT2D eigenvalue weighted by molar-refractivity contribution is 6.09. The highest BCUT2D eigenvalue weighted by atomic mass is 16.2. The quantitative estimate of drug-likeness (QED) is 0.872. The first-order valence-corrected chi connectivity index (χ1v) is 7.95. The molecule has 0 radical (unpaired) electrons. The fourth-order valence-corrected chi connectivity index (χ4v) is 2.78. The molecule has 5 heteroatoms. The van der Waals surface area contributed by atoms with Gasteiger partial charge in [0.05, 0.1) is 11.6 Å². The lowest BCUT2D eigenvalue weighted by molar-refractivity contribution is -0.147. The maximum Gasteiger partial charge on any atom is 0.239 e. The molecule has 2 rings (SSSR count). The zero-order valence-corrected chi connectivity index (χ0v) is 13.9. The number of likely N-dealkylation sites (tertiary alicyclic amines) is 1. The molecule has 1 heterocycles. The van der Waals surface area contributed by atoms with Crippen LogP contribution in [0.3, 0.4) is 0 Å². The molecule has 122 valence electrons. The Balaban J connectivity index is 2.06. The van der Waals surface area contributed by atoms with E-state index in [2.05, 4.69) is 12.2 Å². The summed E-state index contributed by atoms with van der Waals surface area (Å²) in [6, 6.07) is 8.63. The number of hydrogen-bond donors (Lipinski definition) is 1. The molecule has 0 saturated carbocycles. The monoisotopic (exact) mass is 313 g/mol. The van der Waals surface area contributed by atoms with Crippen molar-refractivity contribution in [2.24, 2.45) is 11.3 Å². The van der Waals surface area contributed by atoms with Crippen molar-refractivity contribution in [2.45, 2.75) is 33.6 Å². The van der Waals surface area contributed by atoms with Crippen LogP contribution in [0.25, 0.3) is 0 Å². The third-order valence-corrected chi connectivity index (χ3v) is 4.32. The molecule has 1 N–H and O–H groups in total. The van der Waals surface area contributed by atoms with Crippen molar-refractivity contribution in [1.82, 2.24) is 4.90 Å². The van der Waals surface area contributed by atoms with Crippen LogP contribution in [0.1, 0.15) is 39.2 Å². The molecule has 0 aliphatic carbocycles. The Labute approximate surface area is 137 Å². The number of nitrogens with one attached hydrogen (secondary N) is 1. The SMILES string of the molecule is CC1CCCN(C(=O)C(C)(C)C(=O)Nc2ccc(C#N)cc2)C1. The van der Waals surface area contributed by atoms with Gasteiger partial charge in [-0.25, -0.2) is 0 Å². The van der Waals surface area contributed by atoms with Gasteiger partial charge in [-0.3, -0.25) is 9.59 Å². The number of nitrogens with zero attached hydrogens (tertiary/aromatic N) is 2. The molecule has 23 heavy (non-hydrogen) atoms. The minimum absolute atomic E-state index is 0.129. The number of anilines is 1. The Bertz CT molecular complexity index is 629. The van der Waals surface area contributed by atoms with E-state index in [0.717, 1.165) is 19.4 Å². The third-order valence-electron chi connectivity index (χ3n) is 4.32. The van der Waals surface area contributed by atoms with Crippen molar-refractivity contribution < 1.29 is 9.59 Å². The molecule has 1 aromatic carbocycles. The van der Waals surface area contributed by atoms with Crippen LogP contribution < -0.4 is 5.32 Å². The Morgan fingerprint density at radius 3 is 2.52 bits per heavy atom. The first kappa shape index (κ1) is 17.0. The van der Waals surface area contributed by atoms with Crippen LogP contribution in [-0.4, -0.2) is 29.8 Å². The molecule has 1 aliphatic rings. The summed E-state index contributed by atoms with van der Waals surface area (Å²) in [5, 5.41) is 11.6. The molecule has 1 aromatic rings. The molecule has 2 amide bonds. The van der Waals surface area contributed by atoms with Crippen molar-refractivity contribution in [3.8, 4) is 6.07 Å². The van der Waals surface area contributed by atoms with E-state index in [4.69, 9.17) is 5.26 Å². The minimum atomic E-state index is -1.12. The summed E-state index contributed by atoms with van der Waals surface area (Å²) >= 11 is 0. The molecular formula is C18H23N3O2. The zero-order valence-electron chi connectivity index (χ0n) is 13.9. The highest BCUT2D eigenvalue weighted by Crippen LogP contribution is 2.25. The maximum atomic E-state index is 12.7. The zero-order chi connectivity index (χ0) is 17.0. The van der Waals surface area contributed by atoms with Gasteiger partial charge < -0.3 is 10.2 Å². The van der Waals surface area contributed by atoms with Crippen LogP contribution in [0.15, 0.2) is 24.3 Å². The molecule has 5 nitrogen and oxygen atoms in total. The molecule has 0 aromatic heterocycles. The normalized spacial score (nSPS) is 18.2. The van der Waals surface area contributed by atoms with E-state index in [-0.39, 0.29) is 11.8 Å². The van der Waals surface area contributed by atoms with Gasteiger partial charge in [0.2, 0.25) is 11.8 Å². The Morgan fingerprint density at radius 2 is 1.96 bits per heavy atom. The lowest BCUT2D eigenvalue weighted by Crippen LogP contribution is -2.50. The fourth-order valence-electron chi connectivity index (χ4n) is 2.78. The van der Waals surface area contributed by atoms with Crippen molar-refractivity contribution in [2.75, 3.05) is 18.4 Å². The smallest absolute Gasteiger partial charge is 0.239 e. The maximum absolute atomic E-state index is 12.7. The standard InChI is InChI=1S/C18H23N3O2/c1-13-5-4-10-21(12-13)17(23)18(2,3)16(22)20-15-8-6-14(11-19)7-9-15/h6-9,13H,4-5,10,12H2,1-3H3,(H,20,22). The van der Waals surface area contributed by atoms with Gasteiger partial charge in [-0.1, -0.05) is 6.92 Å². The number of hydrogen-bond acceptors (Lipinski definition) is 3. The summed E-state index contributed by atoms with van der Waals surface area (Å²) in [6.45, 7) is 6.88. The van der Waals surface area contributed by atoms with Gasteiger partial charge in [-0.2, -0.15) is 5.26 Å². The van der Waals surface area contributed by atoms with Gasteiger partial charge in [-0.05, 0) is 56.9 Å². The van der Waals surface area contributed by atoms with Gasteiger partial charge in [0, 0.05) is 18.8 Å². The van der Waals surface area contributed by atoms with Crippen LogP contribution in [0.5, 0.6) is 0 Å². The predicted octanol–water partition coefficient (Wildman–Crippen LogP) is 2.78. The molecule has 1 aliphatic heterocycles. The lowest BCUT2D eigenvalue weighted by Gasteiger charge is -2.36. The summed E-state index contributed by atoms with van der Waals surface area (Å²) in [5.74, 6) is 0.0192. The molecular weight excluding hydrogens is 290 g/mol. The summed E-state index contributed by atoms with van der Waals surface area (Å²) < 4.78 is 0. The van der Waals surface area contributed by atoms with E-state index in [1.807, 2.05) is 6.07 Å². The molecule has 0 spiro atoms. The van der Waals surface area contributed by atoms with E-state index in [1.54, 1.807) is 43.0 Å². The van der Waals surface area contributed by atoms with E-state index in [1.165, 1.54) is 0 Å². The minimum Gasteiger partial charge on any atom is -0.342 e. The number of rotatable bonds is 3. The second kappa shape index (κ2) is 6.82. The number of carbonyl (C=O) groups is 2. The Morgan fingerprint density at radius 1 is 1.30 bits per heavy atom. The number of carbonyl (C=O) groups excluding carboxylic acids is 2. The molecule has 0 bridgehead atoms. The van der Waals surface area contributed by atoms with E-state index in [9.17, 15) is 9.59 Å². The van der Waals surface area contributed by atoms with Crippen molar-refractivity contribution in [3.05, 3.63) is 29.8 Å². The Hall–Kier alpha value is -2.35. The van der Waals surface area contributed by atoms with Gasteiger partial charge in [-0.15, -0.1) is 0 Å². The van der Waals surface area contributed by atoms with Gasteiger partial charge in [0.25, 0.3) is 0 Å². The highest BCUT2D eigenvalue weighted by Gasteiger charge is 2.40. The topological polar surface area (TPSA) is 73.2 Å². The molecule has 1 unspecified atom stereocenters. The van der Waals surface area contributed by atoms with Gasteiger partial charge >= 0.3 is 0 Å². The Kier molecular flexibility index (Phi) is 5.05. The van der Waals surface area contributed by atoms with Crippen LogP contribution in [0.4, 0.5) is 5.69 Å². The van der Waals surface area contributed by atoms with Gasteiger partial charge in [0.1, 0.15) is 5.41 Å². The summed E-state index contributed by atoms with van der Waals surface area (Å²) in [5.41, 5.74) is -0.00663. The third kappa shape index (κ3) is 3.89. The number of amides is 2. The first-order valence-electron chi connectivity index (χ1n) is 7.95. The number of benzene rings is 1. The molecule has 1 atom stereocenters. The van der Waals surface area contributed by atoms with Crippen LogP contribution in [0.2, 0.25) is 0 Å². The largest absolute Gasteiger partial charge is 0.342 e. The first-order chi connectivity index (χ1) is 10.8. The summed E-state index contributed by atoms with van der Waals surface area (Å²) in [6.07, 6.45) is 2.11. The fraction of sp³-hybridized carbons (Fsp3) is 0.500. The summed E-state index contributed by atoms with van der Waals surface area (Å²) in [4.78, 5) is 27.0. The van der Waals surface area contributed by atoms with Crippen molar-refractivity contribution >= 4 is 17.5 Å². The van der Waals surface area contributed by atoms with Crippen molar-refractivity contribution in [1.29, 1.82) is 5.26 Å². The van der Waals surface area contributed by atoms with E-state index in [0.29, 0.717) is 23.7 Å². The van der Waals surface area contributed by atoms with Crippen LogP contribution in [-0.2, 0) is 9.59 Å².